The monoisotopic (exact) mass is 571 g/mol. The van der Waals surface area contributed by atoms with Gasteiger partial charge in [-0.05, 0) is 62.4 Å². The molecule has 3 heteroatoms. The third kappa shape index (κ3) is 3.46. The van der Waals surface area contributed by atoms with Crippen LogP contribution < -0.4 is 0 Å². The van der Waals surface area contributed by atoms with Gasteiger partial charge in [0.1, 0.15) is 0 Å². The molecule has 0 bridgehead atoms. The fourth-order valence-electron chi connectivity index (χ4n) is 7.38. The van der Waals surface area contributed by atoms with Crippen molar-refractivity contribution in [3.63, 3.8) is 0 Å². The number of benzene rings is 7. The van der Waals surface area contributed by atoms with Gasteiger partial charge in [-0.15, -0.1) is 0 Å². The summed E-state index contributed by atoms with van der Waals surface area (Å²) in [5.41, 5.74) is 12.6. The topological polar surface area (TPSA) is 30.7 Å². The molecule has 0 radical (unpaired) electrons. The molecule has 2 heterocycles. The molecular weight excluding hydrogens is 546 g/mol. The Morgan fingerprint density at radius 3 is 1.82 bits per heavy atom. The van der Waals surface area contributed by atoms with Gasteiger partial charge in [0, 0.05) is 21.7 Å². The van der Waals surface area contributed by atoms with E-state index in [-0.39, 0.29) is 0 Å². The van der Waals surface area contributed by atoms with Crippen LogP contribution in [-0.2, 0) is 0 Å². The molecular formula is C42H25N3. The first kappa shape index (κ1) is 24.4. The van der Waals surface area contributed by atoms with Crippen molar-refractivity contribution in [2.45, 2.75) is 0 Å². The number of aromatic nitrogens is 3. The molecule has 1 aliphatic rings. The smallest absolute Gasteiger partial charge is 0.235 e. The maximum absolute atomic E-state index is 5.36. The van der Waals surface area contributed by atoms with Crippen molar-refractivity contribution >= 4 is 43.5 Å². The highest BCUT2D eigenvalue weighted by Crippen LogP contribution is 2.49. The lowest BCUT2D eigenvalue weighted by molar-refractivity contribution is 1.01. The lowest BCUT2D eigenvalue weighted by atomic mass is 9.93. The molecule has 0 spiro atoms. The minimum atomic E-state index is 0.679. The molecule has 45 heavy (non-hydrogen) atoms. The zero-order valence-corrected chi connectivity index (χ0v) is 24.3. The van der Waals surface area contributed by atoms with E-state index in [0.717, 1.165) is 33.2 Å². The van der Waals surface area contributed by atoms with E-state index in [1.54, 1.807) is 0 Å². The van der Waals surface area contributed by atoms with E-state index in [4.69, 9.17) is 9.97 Å². The fourth-order valence-corrected chi connectivity index (χ4v) is 7.38. The van der Waals surface area contributed by atoms with Crippen LogP contribution in [0, 0.1) is 0 Å². The number of para-hydroxylation sites is 1. The van der Waals surface area contributed by atoms with Crippen molar-refractivity contribution in [2.24, 2.45) is 0 Å². The largest absolute Gasteiger partial charge is 0.278 e. The van der Waals surface area contributed by atoms with Gasteiger partial charge in [0.15, 0.2) is 0 Å². The van der Waals surface area contributed by atoms with Crippen molar-refractivity contribution in [3.05, 3.63) is 152 Å². The van der Waals surface area contributed by atoms with Crippen molar-refractivity contribution in [1.29, 1.82) is 0 Å². The first-order valence-corrected chi connectivity index (χ1v) is 15.4. The quantitative estimate of drug-likeness (QED) is 0.211. The van der Waals surface area contributed by atoms with Crippen molar-refractivity contribution in [2.75, 3.05) is 0 Å². The van der Waals surface area contributed by atoms with Gasteiger partial charge in [-0.25, -0.2) is 9.97 Å². The number of nitrogens with zero attached hydrogens (tertiary/aromatic N) is 3. The van der Waals surface area contributed by atoms with E-state index in [0.29, 0.717) is 5.95 Å². The Morgan fingerprint density at radius 2 is 1.00 bits per heavy atom. The van der Waals surface area contributed by atoms with E-state index < -0.39 is 0 Å². The molecule has 10 rings (SSSR count). The van der Waals surface area contributed by atoms with Gasteiger partial charge in [0.05, 0.1) is 22.2 Å². The predicted molar refractivity (Wildman–Crippen MR) is 187 cm³/mol. The molecule has 3 nitrogen and oxygen atoms in total. The predicted octanol–water partition coefficient (Wildman–Crippen LogP) is 10.9. The molecule has 0 unspecified atom stereocenters. The van der Waals surface area contributed by atoms with Crippen LogP contribution in [-0.4, -0.2) is 14.5 Å². The lowest BCUT2D eigenvalue weighted by Gasteiger charge is -2.14. The molecule has 0 fully saturated rings. The first-order chi connectivity index (χ1) is 22.3. The highest BCUT2D eigenvalue weighted by molar-refractivity contribution is 6.30. The Kier molecular flexibility index (Phi) is 5.00. The molecule has 7 aromatic carbocycles. The maximum Gasteiger partial charge on any atom is 0.235 e. The van der Waals surface area contributed by atoms with Gasteiger partial charge in [0.2, 0.25) is 5.95 Å². The zero-order chi connectivity index (χ0) is 29.5. The molecule has 0 amide bonds. The highest BCUT2D eigenvalue weighted by Gasteiger charge is 2.25. The second-order valence-corrected chi connectivity index (χ2v) is 11.8. The Labute approximate surface area is 259 Å². The van der Waals surface area contributed by atoms with E-state index in [1.165, 1.54) is 54.9 Å². The standard InChI is InChI=1S/C42H25N3/c1-2-10-26(11-3-1)27-20-22-29(23-21-27)41-34-15-6-7-18-35(34)43-42(44-41)45-36-19-9-17-33-31-14-5-4-13-30(31)32-16-8-12-28-24-25-37(45)40(38(28)32)39(33)36/h1-25H. The molecule has 208 valence electrons. The van der Waals surface area contributed by atoms with E-state index in [9.17, 15) is 0 Å². The summed E-state index contributed by atoms with van der Waals surface area (Å²) in [5, 5.41) is 6.08. The summed E-state index contributed by atoms with van der Waals surface area (Å²) < 4.78 is 2.27. The Hall–Kier alpha value is -6.06. The average molecular weight is 572 g/mol. The molecule has 0 aliphatic heterocycles. The summed E-state index contributed by atoms with van der Waals surface area (Å²) in [6.45, 7) is 0. The Morgan fingerprint density at radius 1 is 0.378 bits per heavy atom. The van der Waals surface area contributed by atoms with Crippen LogP contribution in [0.1, 0.15) is 0 Å². The van der Waals surface area contributed by atoms with Crippen molar-refractivity contribution < 1.29 is 0 Å². The first-order valence-electron chi connectivity index (χ1n) is 15.4. The van der Waals surface area contributed by atoms with E-state index in [2.05, 4.69) is 156 Å². The minimum absolute atomic E-state index is 0.679. The fraction of sp³-hybridized carbons (Fsp3) is 0. The minimum Gasteiger partial charge on any atom is -0.278 e. The maximum atomic E-state index is 5.36. The summed E-state index contributed by atoms with van der Waals surface area (Å²) in [4.78, 5) is 10.6. The van der Waals surface area contributed by atoms with E-state index in [1.807, 2.05) is 0 Å². The number of hydrogen-bond donors (Lipinski definition) is 0. The second kappa shape index (κ2) is 9.22. The normalized spacial score (nSPS) is 12.0. The van der Waals surface area contributed by atoms with Gasteiger partial charge in [0.25, 0.3) is 0 Å². The van der Waals surface area contributed by atoms with Crippen LogP contribution in [0.2, 0.25) is 0 Å². The number of fused-ring (bicyclic) bond motifs is 4. The van der Waals surface area contributed by atoms with Crippen LogP contribution in [0.4, 0.5) is 0 Å². The number of hydrogen-bond acceptors (Lipinski definition) is 2. The summed E-state index contributed by atoms with van der Waals surface area (Å²) >= 11 is 0. The van der Waals surface area contributed by atoms with E-state index >= 15 is 0 Å². The third-order valence-corrected chi connectivity index (χ3v) is 9.36. The molecule has 2 aromatic heterocycles. The molecule has 1 aliphatic carbocycles. The Bertz CT molecular complexity index is 2630. The van der Waals surface area contributed by atoms with Crippen LogP contribution in [0.5, 0.6) is 0 Å². The molecule has 9 aromatic rings. The van der Waals surface area contributed by atoms with Crippen LogP contribution >= 0.6 is 0 Å². The van der Waals surface area contributed by atoms with Gasteiger partial charge in [-0.2, -0.15) is 0 Å². The van der Waals surface area contributed by atoms with Crippen molar-refractivity contribution in [3.8, 4) is 50.6 Å². The van der Waals surface area contributed by atoms with Gasteiger partial charge in [-0.3, -0.25) is 4.57 Å². The molecule has 0 saturated heterocycles. The second-order valence-electron chi connectivity index (χ2n) is 11.8. The van der Waals surface area contributed by atoms with Crippen molar-refractivity contribution in [1.82, 2.24) is 14.5 Å². The van der Waals surface area contributed by atoms with Gasteiger partial charge in [-0.1, -0.05) is 133 Å². The molecule has 0 N–H and O–H groups in total. The lowest BCUT2D eigenvalue weighted by Crippen LogP contribution is -2.03. The summed E-state index contributed by atoms with van der Waals surface area (Å²) in [6, 6.07) is 54.2. The van der Waals surface area contributed by atoms with Gasteiger partial charge < -0.3 is 0 Å². The third-order valence-electron chi connectivity index (χ3n) is 9.36. The molecule has 0 atom stereocenters. The SMILES string of the molecule is c1ccc(-c2ccc(-c3nc(-n4c5cccc6c5c5c7c(cccc7ccc54)-c4ccccc4-6)nc4ccccc34)cc2)cc1. The Balaban J connectivity index is 1.29. The summed E-state index contributed by atoms with van der Waals surface area (Å²) in [6.07, 6.45) is 0. The van der Waals surface area contributed by atoms with Crippen LogP contribution in [0.15, 0.2) is 152 Å². The summed E-state index contributed by atoms with van der Waals surface area (Å²) in [5.74, 6) is 0.679. The zero-order valence-electron chi connectivity index (χ0n) is 24.3. The van der Waals surface area contributed by atoms with Gasteiger partial charge >= 0.3 is 0 Å². The summed E-state index contributed by atoms with van der Waals surface area (Å²) in [7, 11) is 0. The number of rotatable bonds is 3. The average Bonchev–Trinajstić information content (AvgIpc) is 3.40. The van der Waals surface area contributed by atoms with Crippen LogP contribution in [0.25, 0.3) is 94.1 Å². The molecule has 0 saturated carbocycles. The highest BCUT2D eigenvalue weighted by atomic mass is 15.2. The van der Waals surface area contributed by atoms with Crippen LogP contribution in [0.3, 0.4) is 0 Å².